The topological polar surface area (TPSA) is 49.8 Å². The predicted molar refractivity (Wildman–Crippen MR) is 77.5 cm³/mol. The van der Waals surface area contributed by atoms with Crippen molar-refractivity contribution >= 4 is 5.97 Å². The minimum atomic E-state index is -0.306. The summed E-state index contributed by atoms with van der Waals surface area (Å²) in [5, 5.41) is 9.51. The number of benzene rings is 1. The number of rotatable bonds is 4. The Morgan fingerprint density at radius 2 is 2.05 bits per heavy atom. The molecule has 4 nitrogen and oxygen atoms in total. The lowest BCUT2D eigenvalue weighted by atomic mass is 10.1. The lowest BCUT2D eigenvalue weighted by Crippen LogP contribution is -2.36. The van der Waals surface area contributed by atoms with Crippen molar-refractivity contribution in [2.24, 2.45) is 0 Å². The molecule has 0 bridgehead atoms. The van der Waals surface area contributed by atoms with E-state index in [9.17, 15) is 9.90 Å². The van der Waals surface area contributed by atoms with E-state index < -0.39 is 0 Å². The van der Waals surface area contributed by atoms with Gasteiger partial charge in [0, 0.05) is 12.6 Å². The Morgan fingerprint density at radius 3 is 2.70 bits per heavy atom. The van der Waals surface area contributed by atoms with E-state index >= 15 is 0 Å². The first-order valence-electron chi connectivity index (χ1n) is 7.26. The normalized spacial score (nSPS) is 20.4. The highest BCUT2D eigenvalue weighted by Crippen LogP contribution is 2.19. The Morgan fingerprint density at radius 1 is 1.30 bits per heavy atom. The zero-order chi connectivity index (χ0) is 14.4. The maximum absolute atomic E-state index is 11.4. The Hall–Kier alpha value is -1.39. The molecule has 1 aromatic carbocycles. The van der Waals surface area contributed by atoms with Gasteiger partial charge in [0.15, 0.2) is 0 Å². The zero-order valence-corrected chi connectivity index (χ0v) is 12.0. The van der Waals surface area contributed by atoms with E-state index in [0.717, 1.165) is 25.1 Å². The number of ether oxygens (including phenoxy) is 1. The van der Waals surface area contributed by atoms with E-state index in [1.54, 1.807) is 12.1 Å². The van der Waals surface area contributed by atoms with Crippen molar-refractivity contribution in [3.05, 3.63) is 35.4 Å². The summed E-state index contributed by atoms with van der Waals surface area (Å²) < 4.78 is 4.69. The molecule has 1 aliphatic rings. The molecule has 0 radical (unpaired) electrons. The van der Waals surface area contributed by atoms with Crippen LogP contribution in [0.1, 0.15) is 41.6 Å². The summed E-state index contributed by atoms with van der Waals surface area (Å²) in [5.74, 6) is -0.306. The van der Waals surface area contributed by atoms with E-state index in [-0.39, 0.29) is 18.6 Å². The van der Waals surface area contributed by atoms with Crippen LogP contribution >= 0.6 is 0 Å². The first-order valence-corrected chi connectivity index (χ1v) is 7.26. The minimum Gasteiger partial charge on any atom is -0.465 e. The van der Waals surface area contributed by atoms with Crippen molar-refractivity contribution < 1.29 is 14.6 Å². The van der Waals surface area contributed by atoms with Gasteiger partial charge in [0.2, 0.25) is 0 Å². The van der Waals surface area contributed by atoms with Gasteiger partial charge in [0.05, 0.1) is 19.3 Å². The molecule has 0 aromatic heterocycles. The molecule has 2 rings (SSSR count). The molecule has 0 aliphatic carbocycles. The van der Waals surface area contributed by atoms with E-state index in [0.29, 0.717) is 5.56 Å². The van der Waals surface area contributed by atoms with E-state index in [2.05, 4.69) is 4.90 Å². The fourth-order valence-electron chi connectivity index (χ4n) is 2.75. The average Bonchev–Trinajstić information content (AvgIpc) is 2.72. The second kappa shape index (κ2) is 7.41. The van der Waals surface area contributed by atoms with Gasteiger partial charge in [-0.1, -0.05) is 25.0 Å². The molecule has 1 heterocycles. The van der Waals surface area contributed by atoms with Crippen LogP contribution in [0.15, 0.2) is 24.3 Å². The van der Waals surface area contributed by atoms with Crippen molar-refractivity contribution in [1.29, 1.82) is 0 Å². The quantitative estimate of drug-likeness (QED) is 0.857. The fourth-order valence-corrected chi connectivity index (χ4v) is 2.75. The highest BCUT2D eigenvalue weighted by molar-refractivity contribution is 5.89. The Labute approximate surface area is 120 Å². The lowest BCUT2D eigenvalue weighted by molar-refractivity contribution is 0.0600. The molecule has 0 amide bonds. The summed E-state index contributed by atoms with van der Waals surface area (Å²) in [6.07, 6.45) is 4.70. The molecular weight excluding hydrogens is 254 g/mol. The number of nitrogens with zero attached hydrogens (tertiary/aromatic N) is 1. The van der Waals surface area contributed by atoms with E-state index in [4.69, 9.17) is 4.74 Å². The third-order valence-corrected chi connectivity index (χ3v) is 3.97. The largest absolute Gasteiger partial charge is 0.465 e. The number of hydrogen-bond acceptors (Lipinski definition) is 4. The molecule has 0 saturated carbocycles. The maximum atomic E-state index is 11.4. The van der Waals surface area contributed by atoms with Gasteiger partial charge in [-0.15, -0.1) is 0 Å². The molecule has 20 heavy (non-hydrogen) atoms. The summed E-state index contributed by atoms with van der Waals surface area (Å²) in [6.45, 7) is 2.08. The number of carbonyl (C=O) groups excluding carboxylic acids is 1. The number of esters is 1. The fraction of sp³-hybridized carbons (Fsp3) is 0.562. The van der Waals surface area contributed by atoms with Gasteiger partial charge in [-0.2, -0.15) is 0 Å². The predicted octanol–water partition coefficient (Wildman–Crippen LogP) is 2.21. The van der Waals surface area contributed by atoms with Gasteiger partial charge in [-0.05, 0) is 37.1 Å². The second-order valence-electron chi connectivity index (χ2n) is 5.34. The Balaban J connectivity index is 2.02. The zero-order valence-electron chi connectivity index (χ0n) is 12.0. The highest BCUT2D eigenvalue weighted by atomic mass is 16.5. The van der Waals surface area contributed by atoms with Gasteiger partial charge >= 0.3 is 5.97 Å². The number of methoxy groups -OCH3 is 1. The van der Waals surface area contributed by atoms with Crippen molar-refractivity contribution in [2.75, 3.05) is 20.3 Å². The molecule has 4 heteroatoms. The van der Waals surface area contributed by atoms with Crippen molar-refractivity contribution in [1.82, 2.24) is 4.90 Å². The molecule has 1 aliphatic heterocycles. The van der Waals surface area contributed by atoms with Crippen LogP contribution in [0.3, 0.4) is 0 Å². The molecule has 110 valence electrons. The molecule has 1 fully saturated rings. The Kier molecular flexibility index (Phi) is 5.56. The number of carbonyl (C=O) groups is 1. The number of aliphatic hydroxyl groups is 1. The minimum absolute atomic E-state index is 0.222. The van der Waals surface area contributed by atoms with Crippen molar-refractivity contribution in [3.63, 3.8) is 0 Å². The standard InChI is InChI=1S/C16H23NO3/c1-20-16(19)14-8-6-13(7-9-14)11-17-10-4-2-3-5-15(17)12-18/h6-9,15,18H,2-5,10-12H2,1H3. The third kappa shape index (κ3) is 3.81. The highest BCUT2D eigenvalue weighted by Gasteiger charge is 2.20. The SMILES string of the molecule is COC(=O)c1ccc(CN2CCCCCC2CO)cc1. The van der Waals surface area contributed by atoms with E-state index in [1.807, 2.05) is 12.1 Å². The van der Waals surface area contributed by atoms with Crippen LogP contribution < -0.4 is 0 Å². The van der Waals surface area contributed by atoms with Crippen LogP contribution in [0.25, 0.3) is 0 Å². The van der Waals surface area contributed by atoms with Crippen molar-refractivity contribution in [2.45, 2.75) is 38.3 Å². The monoisotopic (exact) mass is 277 g/mol. The van der Waals surface area contributed by atoms with Gasteiger partial charge < -0.3 is 9.84 Å². The summed E-state index contributed by atoms with van der Waals surface area (Å²) in [5.41, 5.74) is 1.74. The average molecular weight is 277 g/mol. The number of hydrogen-bond donors (Lipinski definition) is 1. The van der Waals surface area contributed by atoms with Gasteiger partial charge in [-0.3, -0.25) is 4.90 Å². The van der Waals surface area contributed by atoms with Crippen LogP contribution in [-0.2, 0) is 11.3 Å². The molecule has 1 N–H and O–H groups in total. The molecule has 1 aromatic rings. The van der Waals surface area contributed by atoms with Gasteiger partial charge in [0.25, 0.3) is 0 Å². The summed E-state index contributed by atoms with van der Waals surface area (Å²) in [7, 11) is 1.39. The molecule has 0 spiro atoms. The van der Waals surface area contributed by atoms with Crippen LogP contribution in [0.4, 0.5) is 0 Å². The van der Waals surface area contributed by atoms with Gasteiger partial charge in [0.1, 0.15) is 0 Å². The van der Waals surface area contributed by atoms with Gasteiger partial charge in [-0.25, -0.2) is 4.79 Å². The van der Waals surface area contributed by atoms with E-state index in [1.165, 1.54) is 26.4 Å². The molecular formula is C16H23NO3. The first kappa shape index (κ1) is 15.0. The summed E-state index contributed by atoms with van der Waals surface area (Å²) in [6, 6.07) is 7.79. The van der Waals surface area contributed by atoms with Crippen LogP contribution in [-0.4, -0.2) is 42.3 Å². The maximum Gasteiger partial charge on any atom is 0.337 e. The molecule has 1 saturated heterocycles. The smallest absolute Gasteiger partial charge is 0.337 e. The van der Waals surface area contributed by atoms with Crippen LogP contribution in [0, 0.1) is 0 Å². The third-order valence-electron chi connectivity index (χ3n) is 3.97. The molecule has 1 atom stereocenters. The number of aliphatic hydroxyl groups excluding tert-OH is 1. The number of likely N-dealkylation sites (tertiary alicyclic amines) is 1. The summed E-state index contributed by atoms with van der Waals surface area (Å²) >= 11 is 0. The van der Waals surface area contributed by atoms with Crippen LogP contribution in [0.5, 0.6) is 0 Å². The van der Waals surface area contributed by atoms with Crippen molar-refractivity contribution in [3.8, 4) is 0 Å². The first-order chi connectivity index (χ1) is 9.74. The molecule has 1 unspecified atom stereocenters. The Bertz CT molecular complexity index is 430. The lowest BCUT2D eigenvalue weighted by Gasteiger charge is -2.28. The van der Waals surface area contributed by atoms with Crippen LogP contribution in [0.2, 0.25) is 0 Å². The summed E-state index contributed by atoms with van der Waals surface area (Å²) in [4.78, 5) is 13.7. The second-order valence-corrected chi connectivity index (χ2v) is 5.34.